The fourth-order valence-corrected chi connectivity index (χ4v) is 6.80. The molecule has 0 aromatic heterocycles. The van der Waals surface area contributed by atoms with Gasteiger partial charge in [0.15, 0.2) is 11.5 Å². The van der Waals surface area contributed by atoms with E-state index in [4.69, 9.17) is 24.0 Å². The Kier molecular flexibility index (Phi) is 11.9. The summed E-state index contributed by atoms with van der Waals surface area (Å²) in [7, 11) is 4.89. The number of halogens is 1. The number of nitrogens with zero attached hydrogens (tertiary/aromatic N) is 2. The maximum atomic E-state index is 13.7. The first-order valence-corrected chi connectivity index (χ1v) is 16.5. The first kappa shape index (κ1) is 32.9. The average Bonchev–Trinajstić information content (AvgIpc) is 3.53. The summed E-state index contributed by atoms with van der Waals surface area (Å²) in [6.07, 6.45) is 14.1. The van der Waals surface area contributed by atoms with Gasteiger partial charge in [0.2, 0.25) is 5.91 Å². The van der Waals surface area contributed by atoms with E-state index in [-0.39, 0.29) is 35.8 Å². The first-order chi connectivity index (χ1) is 22.0. The van der Waals surface area contributed by atoms with Gasteiger partial charge in [-0.15, -0.1) is 0 Å². The van der Waals surface area contributed by atoms with Gasteiger partial charge in [0, 0.05) is 18.0 Å². The molecule has 2 aromatic rings. The number of amides is 1. The molecule has 5 rings (SSSR count). The van der Waals surface area contributed by atoms with Crippen LogP contribution in [0.25, 0.3) is 0 Å². The Balaban J connectivity index is 1.01. The van der Waals surface area contributed by atoms with Crippen LogP contribution >= 0.6 is 0 Å². The number of carbonyl (C=O) groups excluding carboxylic acids is 1. The number of fused-ring (bicyclic) bond motifs is 1. The van der Waals surface area contributed by atoms with E-state index in [2.05, 4.69) is 17.5 Å². The first-order valence-electron chi connectivity index (χ1n) is 16.5. The van der Waals surface area contributed by atoms with Crippen molar-refractivity contribution in [3.63, 3.8) is 0 Å². The second-order valence-electron chi connectivity index (χ2n) is 12.2. The zero-order valence-corrected chi connectivity index (χ0v) is 26.9. The van der Waals surface area contributed by atoms with Crippen LogP contribution in [0.1, 0.15) is 68.9 Å². The number of allylic oxidation sites excluding steroid dienone is 2. The number of hydrazone groups is 1. The van der Waals surface area contributed by atoms with E-state index in [0.717, 1.165) is 99.9 Å². The van der Waals surface area contributed by atoms with Gasteiger partial charge in [-0.3, -0.25) is 4.79 Å². The molecule has 2 aromatic carbocycles. The van der Waals surface area contributed by atoms with Crippen LogP contribution < -0.4 is 19.5 Å². The summed E-state index contributed by atoms with van der Waals surface area (Å²) in [5, 5.41) is 10.2. The summed E-state index contributed by atoms with van der Waals surface area (Å²) >= 11 is 0. The van der Waals surface area contributed by atoms with Crippen molar-refractivity contribution < 1.29 is 28.1 Å². The lowest BCUT2D eigenvalue weighted by Gasteiger charge is -2.37. The molecule has 244 valence electrons. The van der Waals surface area contributed by atoms with Crippen molar-refractivity contribution in [1.82, 2.24) is 10.3 Å². The van der Waals surface area contributed by atoms with Crippen LogP contribution in [0.5, 0.6) is 17.2 Å². The van der Waals surface area contributed by atoms with Crippen molar-refractivity contribution in [2.45, 2.75) is 76.4 Å². The van der Waals surface area contributed by atoms with Crippen LogP contribution in [0.2, 0.25) is 0 Å². The minimum Gasteiger partial charge on any atom is -0.496 e. The van der Waals surface area contributed by atoms with Gasteiger partial charge in [0.1, 0.15) is 11.6 Å². The standard InChI is InChI=1S/C36H48FN3O5/c1-42-32-18-13-27(37)23-25(32)11-14-28-15-16-29(45-28)19-21-38-20-7-4-8-22-40-36(41)31-10-6-5-9-30(31)35(39-40)26-12-17-33(43-2)34(24-26)44-3/h5-6,12-13,17-18,23-24,28-31,38H,4,7-11,14-16,19-22H2,1-3H3/t28?,29?,30-,31+/m0/s1. The molecule has 2 unspecified atom stereocenters. The number of methoxy groups -OCH3 is 3. The maximum Gasteiger partial charge on any atom is 0.246 e. The summed E-state index contributed by atoms with van der Waals surface area (Å²) in [5.74, 6) is 2.00. The lowest BCUT2D eigenvalue weighted by atomic mass is 9.76. The molecule has 1 amide bonds. The molecule has 0 radical (unpaired) electrons. The summed E-state index contributed by atoms with van der Waals surface area (Å²) < 4.78 is 36.3. The Morgan fingerprint density at radius 2 is 1.60 bits per heavy atom. The predicted molar refractivity (Wildman–Crippen MR) is 174 cm³/mol. The number of hydrogen-bond donors (Lipinski definition) is 1. The minimum atomic E-state index is -0.230. The normalized spacial score (nSPS) is 22.7. The van der Waals surface area contributed by atoms with Crippen molar-refractivity contribution >= 4 is 11.6 Å². The number of unbranched alkanes of at least 4 members (excludes halogenated alkanes) is 2. The van der Waals surface area contributed by atoms with Gasteiger partial charge in [-0.05, 0) is 113 Å². The van der Waals surface area contributed by atoms with Crippen molar-refractivity contribution in [2.75, 3.05) is 41.0 Å². The zero-order valence-electron chi connectivity index (χ0n) is 26.9. The zero-order chi connectivity index (χ0) is 31.6. The van der Waals surface area contributed by atoms with Crippen molar-refractivity contribution in [2.24, 2.45) is 16.9 Å². The van der Waals surface area contributed by atoms with Gasteiger partial charge in [-0.25, -0.2) is 9.40 Å². The smallest absolute Gasteiger partial charge is 0.246 e. The highest BCUT2D eigenvalue weighted by Crippen LogP contribution is 2.37. The third-order valence-electron chi connectivity index (χ3n) is 9.30. The molecule has 0 spiro atoms. The number of ether oxygens (including phenoxy) is 4. The molecule has 8 nitrogen and oxygen atoms in total. The molecule has 3 aliphatic rings. The summed E-state index contributed by atoms with van der Waals surface area (Å²) in [5.41, 5.74) is 2.83. The fraction of sp³-hybridized carbons (Fsp3) is 0.556. The Morgan fingerprint density at radius 1 is 0.867 bits per heavy atom. The monoisotopic (exact) mass is 621 g/mol. The molecule has 1 saturated heterocycles. The van der Waals surface area contributed by atoms with Crippen LogP contribution in [0.3, 0.4) is 0 Å². The highest BCUT2D eigenvalue weighted by atomic mass is 19.1. The van der Waals surface area contributed by atoms with Crippen molar-refractivity contribution in [3.8, 4) is 17.2 Å². The van der Waals surface area contributed by atoms with Crippen LogP contribution in [0.4, 0.5) is 4.39 Å². The van der Waals surface area contributed by atoms with Gasteiger partial charge in [-0.1, -0.05) is 18.6 Å². The van der Waals surface area contributed by atoms with Crippen LogP contribution in [0, 0.1) is 17.7 Å². The second kappa shape index (κ2) is 16.2. The lowest BCUT2D eigenvalue weighted by molar-refractivity contribution is -0.137. The number of benzene rings is 2. The summed E-state index contributed by atoms with van der Waals surface area (Å²) in [4.78, 5) is 13.4. The lowest BCUT2D eigenvalue weighted by Crippen LogP contribution is -2.45. The third-order valence-corrected chi connectivity index (χ3v) is 9.30. The number of hydrogen-bond acceptors (Lipinski definition) is 7. The topological polar surface area (TPSA) is 81.6 Å². The van der Waals surface area contributed by atoms with E-state index >= 15 is 0 Å². The molecule has 1 fully saturated rings. The van der Waals surface area contributed by atoms with E-state index < -0.39 is 0 Å². The Hall–Kier alpha value is -3.43. The highest BCUT2D eigenvalue weighted by molar-refractivity contribution is 6.07. The molecule has 45 heavy (non-hydrogen) atoms. The van der Waals surface area contributed by atoms with Gasteiger partial charge in [0.05, 0.1) is 45.2 Å². The van der Waals surface area contributed by atoms with Crippen LogP contribution in [-0.4, -0.2) is 69.8 Å². The second-order valence-corrected chi connectivity index (χ2v) is 12.2. The number of aryl methyl sites for hydroxylation is 1. The highest BCUT2D eigenvalue weighted by Gasteiger charge is 2.40. The molecule has 4 atom stereocenters. The molecule has 1 aliphatic carbocycles. The Morgan fingerprint density at radius 3 is 2.38 bits per heavy atom. The Labute approximate surface area is 266 Å². The largest absolute Gasteiger partial charge is 0.496 e. The molecular formula is C36H48FN3O5. The maximum absolute atomic E-state index is 13.7. The van der Waals surface area contributed by atoms with Gasteiger partial charge < -0.3 is 24.3 Å². The molecule has 9 heteroatoms. The quantitative estimate of drug-likeness (QED) is 0.175. The third kappa shape index (κ3) is 8.44. The SMILES string of the molecule is COc1ccc(F)cc1CCC1CCC(CCNCCCCCN2N=C(c3ccc(OC)c(OC)c3)[C@H]3CC=CC[C@H]3C2=O)O1. The van der Waals surface area contributed by atoms with Crippen LogP contribution in [-0.2, 0) is 16.0 Å². The summed E-state index contributed by atoms with van der Waals surface area (Å²) in [6, 6.07) is 10.6. The fourth-order valence-electron chi connectivity index (χ4n) is 6.80. The van der Waals surface area contributed by atoms with E-state index in [0.29, 0.717) is 18.0 Å². The van der Waals surface area contributed by atoms with Crippen LogP contribution in [0.15, 0.2) is 53.7 Å². The molecule has 2 aliphatic heterocycles. The molecule has 2 heterocycles. The van der Waals surface area contributed by atoms with Gasteiger partial charge in [0.25, 0.3) is 0 Å². The van der Waals surface area contributed by atoms with E-state index in [9.17, 15) is 9.18 Å². The number of nitrogens with one attached hydrogen (secondary N) is 1. The molecule has 0 saturated carbocycles. The van der Waals surface area contributed by atoms with Gasteiger partial charge in [-0.2, -0.15) is 5.10 Å². The Bertz CT molecular complexity index is 1350. The van der Waals surface area contributed by atoms with E-state index in [1.807, 2.05) is 18.2 Å². The number of carbonyl (C=O) groups is 1. The van der Waals surface area contributed by atoms with E-state index in [1.165, 1.54) is 6.07 Å². The van der Waals surface area contributed by atoms with Gasteiger partial charge >= 0.3 is 0 Å². The van der Waals surface area contributed by atoms with Crippen molar-refractivity contribution in [1.29, 1.82) is 0 Å². The summed E-state index contributed by atoms with van der Waals surface area (Å²) in [6.45, 7) is 2.50. The number of rotatable bonds is 16. The minimum absolute atomic E-state index is 0.0705. The predicted octanol–water partition coefficient (Wildman–Crippen LogP) is 6.31. The van der Waals surface area contributed by atoms with Crippen molar-refractivity contribution in [3.05, 3.63) is 65.5 Å². The van der Waals surface area contributed by atoms with E-state index in [1.54, 1.807) is 38.5 Å². The molecule has 0 bridgehead atoms. The average molecular weight is 622 g/mol. The molecular weight excluding hydrogens is 573 g/mol. The molecule has 1 N–H and O–H groups in total.